The molecular formula is C21H15ClN2O4S. The Morgan fingerprint density at radius 2 is 1.86 bits per heavy atom. The summed E-state index contributed by atoms with van der Waals surface area (Å²) in [4.78, 5) is 17.3. The lowest BCUT2D eigenvalue weighted by Gasteiger charge is -2.09. The Balaban J connectivity index is 1.63. The van der Waals surface area contributed by atoms with E-state index in [-0.39, 0.29) is 22.0 Å². The molecule has 0 atom stereocenters. The Kier molecular flexibility index (Phi) is 5.08. The zero-order valence-corrected chi connectivity index (χ0v) is 16.6. The Morgan fingerprint density at radius 1 is 1.07 bits per heavy atom. The van der Waals surface area contributed by atoms with Crippen LogP contribution in [0, 0.1) is 0 Å². The second kappa shape index (κ2) is 7.69. The highest BCUT2D eigenvalue weighted by molar-refractivity contribution is 7.90. The number of carbonyl (C=O) groups excluding carboxylic acids is 1. The predicted octanol–water partition coefficient (Wildman–Crippen LogP) is 4.71. The number of fused-ring (bicyclic) bond motifs is 1. The van der Waals surface area contributed by atoms with Gasteiger partial charge in [-0.25, -0.2) is 8.42 Å². The van der Waals surface area contributed by atoms with Crippen LogP contribution in [0.1, 0.15) is 16.1 Å². The minimum Gasteiger partial charge on any atom is -0.459 e. The fourth-order valence-electron chi connectivity index (χ4n) is 2.99. The van der Waals surface area contributed by atoms with E-state index >= 15 is 0 Å². The number of nitrogens with zero attached hydrogens (tertiary/aromatic N) is 1. The number of sulfone groups is 1. The maximum Gasteiger partial charge on any atom is 0.291 e. The maximum atomic E-state index is 12.8. The topological polar surface area (TPSA) is 89.3 Å². The van der Waals surface area contributed by atoms with E-state index in [1.165, 1.54) is 24.5 Å². The van der Waals surface area contributed by atoms with Crippen molar-refractivity contribution in [3.63, 3.8) is 0 Å². The molecule has 0 aliphatic rings. The smallest absolute Gasteiger partial charge is 0.291 e. The molecule has 0 bridgehead atoms. The fraction of sp³-hybridized carbons (Fsp3) is 0.0476. The third-order valence-electron chi connectivity index (χ3n) is 4.32. The van der Waals surface area contributed by atoms with Gasteiger partial charge in [0.15, 0.2) is 15.6 Å². The van der Waals surface area contributed by atoms with Gasteiger partial charge in [-0.1, -0.05) is 35.9 Å². The van der Waals surface area contributed by atoms with Gasteiger partial charge < -0.3 is 9.73 Å². The molecule has 8 heteroatoms. The van der Waals surface area contributed by atoms with Crippen molar-refractivity contribution in [1.82, 2.24) is 4.98 Å². The van der Waals surface area contributed by atoms with Gasteiger partial charge in [-0.2, -0.15) is 0 Å². The molecule has 0 aliphatic heterocycles. The second-order valence-electron chi connectivity index (χ2n) is 6.33. The van der Waals surface area contributed by atoms with Gasteiger partial charge in [0.2, 0.25) is 0 Å². The summed E-state index contributed by atoms with van der Waals surface area (Å²) in [7, 11) is -3.63. The van der Waals surface area contributed by atoms with E-state index in [1.54, 1.807) is 42.6 Å². The van der Waals surface area contributed by atoms with E-state index < -0.39 is 15.7 Å². The maximum absolute atomic E-state index is 12.8. The van der Waals surface area contributed by atoms with E-state index in [9.17, 15) is 13.2 Å². The summed E-state index contributed by atoms with van der Waals surface area (Å²) in [6.07, 6.45) is 2.90. The summed E-state index contributed by atoms with van der Waals surface area (Å²) in [5, 5.41) is 3.92. The van der Waals surface area contributed by atoms with Crippen molar-refractivity contribution in [2.75, 3.05) is 5.32 Å². The van der Waals surface area contributed by atoms with Crippen LogP contribution in [0.25, 0.3) is 10.9 Å². The van der Waals surface area contributed by atoms with Crippen molar-refractivity contribution in [2.24, 2.45) is 0 Å². The molecule has 0 fully saturated rings. The average molecular weight is 427 g/mol. The summed E-state index contributed by atoms with van der Waals surface area (Å²) < 4.78 is 30.6. The zero-order chi connectivity index (χ0) is 20.4. The molecule has 0 saturated carbocycles. The molecule has 4 aromatic rings. The van der Waals surface area contributed by atoms with Gasteiger partial charge in [-0.15, -0.1) is 0 Å². The Bertz CT molecular complexity index is 1300. The van der Waals surface area contributed by atoms with E-state index in [2.05, 4.69) is 10.3 Å². The number of nitrogens with one attached hydrogen (secondary N) is 1. The van der Waals surface area contributed by atoms with Gasteiger partial charge >= 0.3 is 0 Å². The quantitative estimate of drug-likeness (QED) is 0.499. The average Bonchev–Trinajstić information content (AvgIpc) is 3.16. The first-order valence-electron chi connectivity index (χ1n) is 8.64. The summed E-state index contributed by atoms with van der Waals surface area (Å²) in [6.45, 7) is 0. The van der Waals surface area contributed by atoms with Crippen LogP contribution in [0.3, 0.4) is 0 Å². The van der Waals surface area contributed by atoms with Gasteiger partial charge in [-0.05, 0) is 36.4 Å². The van der Waals surface area contributed by atoms with E-state index in [1.807, 2.05) is 6.07 Å². The molecule has 2 aromatic heterocycles. The third kappa shape index (κ3) is 4.01. The highest BCUT2D eigenvalue weighted by atomic mass is 35.5. The lowest BCUT2D eigenvalue weighted by atomic mass is 10.2. The van der Waals surface area contributed by atoms with Crippen molar-refractivity contribution in [1.29, 1.82) is 0 Å². The normalized spacial score (nSPS) is 11.5. The van der Waals surface area contributed by atoms with E-state index in [0.717, 1.165) is 5.39 Å². The SMILES string of the molecule is O=C(Nc1cc(Cl)cc2cccnc12)c1occc1CS(=O)(=O)c1ccccc1. The number of anilines is 1. The Hall–Kier alpha value is -3.16. The van der Waals surface area contributed by atoms with Crippen molar-refractivity contribution in [3.8, 4) is 0 Å². The van der Waals surface area contributed by atoms with Gasteiger partial charge in [-0.3, -0.25) is 9.78 Å². The molecule has 2 heterocycles. The second-order valence-corrected chi connectivity index (χ2v) is 8.76. The largest absolute Gasteiger partial charge is 0.459 e. The lowest BCUT2D eigenvalue weighted by Crippen LogP contribution is -2.15. The fourth-order valence-corrected chi connectivity index (χ4v) is 4.60. The molecule has 2 aromatic carbocycles. The van der Waals surface area contributed by atoms with Crippen LogP contribution >= 0.6 is 11.6 Å². The minimum atomic E-state index is -3.63. The lowest BCUT2D eigenvalue weighted by molar-refractivity contribution is 0.0996. The number of carbonyl (C=O) groups is 1. The Morgan fingerprint density at radius 3 is 2.66 bits per heavy atom. The van der Waals surface area contributed by atoms with Crippen molar-refractivity contribution in [2.45, 2.75) is 10.6 Å². The number of benzene rings is 2. The summed E-state index contributed by atoms with van der Waals surface area (Å²) in [6, 6.07) is 16.4. The van der Waals surface area contributed by atoms with Crippen LogP contribution < -0.4 is 5.32 Å². The molecule has 4 rings (SSSR count). The molecule has 0 saturated heterocycles. The van der Waals surface area contributed by atoms with Crippen molar-refractivity contribution >= 4 is 43.9 Å². The van der Waals surface area contributed by atoms with Crippen LogP contribution in [-0.4, -0.2) is 19.3 Å². The predicted molar refractivity (Wildman–Crippen MR) is 111 cm³/mol. The van der Waals surface area contributed by atoms with Gasteiger partial charge in [0, 0.05) is 22.2 Å². The van der Waals surface area contributed by atoms with Crippen LogP contribution in [0.5, 0.6) is 0 Å². The number of halogens is 1. The van der Waals surface area contributed by atoms with E-state index in [0.29, 0.717) is 16.2 Å². The first-order chi connectivity index (χ1) is 13.9. The first-order valence-corrected chi connectivity index (χ1v) is 10.7. The van der Waals surface area contributed by atoms with E-state index in [4.69, 9.17) is 16.0 Å². The van der Waals surface area contributed by atoms with Crippen LogP contribution in [0.4, 0.5) is 5.69 Å². The standard InChI is InChI=1S/C21H15ClN2O4S/c22-16-11-14-5-4-9-23-19(14)18(12-16)24-21(25)20-15(8-10-28-20)13-29(26,27)17-6-2-1-3-7-17/h1-12H,13H2,(H,24,25). The number of amides is 1. The number of furan rings is 1. The molecule has 0 unspecified atom stereocenters. The molecule has 0 spiro atoms. The molecule has 0 radical (unpaired) electrons. The van der Waals surface area contributed by atoms with Crippen molar-refractivity contribution in [3.05, 3.63) is 89.5 Å². The number of rotatable bonds is 5. The van der Waals surface area contributed by atoms with Gasteiger partial charge in [0.1, 0.15) is 0 Å². The van der Waals surface area contributed by atoms with Crippen molar-refractivity contribution < 1.29 is 17.6 Å². The summed E-state index contributed by atoms with van der Waals surface area (Å²) >= 11 is 6.14. The van der Waals surface area contributed by atoms with Gasteiger partial charge in [0.05, 0.1) is 28.1 Å². The molecule has 6 nitrogen and oxygen atoms in total. The summed E-state index contributed by atoms with van der Waals surface area (Å²) in [5.41, 5.74) is 1.24. The molecule has 0 aliphatic carbocycles. The Labute approximate surface area is 172 Å². The molecule has 1 N–H and O–H groups in total. The zero-order valence-electron chi connectivity index (χ0n) is 15.0. The highest BCUT2D eigenvalue weighted by Crippen LogP contribution is 2.27. The van der Waals surface area contributed by atoms with Crippen LogP contribution in [0.15, 0.2) is 82.4 Å². The van der Waals surface area contributed by atoms with Crippen LogP contribution in [0.2, 0.25) is 5.02 Å². The minimum absolute atomic E-state index is 0.0754. The number of aromatic nitrogens is 1. The highest BCUT2D eigenvalue weighted by Gasteiger charge is 2.23. The number of hydrogen-bond acceptors (Lipinski definition) is 5. The molecular weight excluding hydrogens is 412 g/mol. The number of pyridine rings is 1. The number of hydrogen-bond donors (Lipinski definition) is 1. The monoisotopic (exact) mass is 426 g/mol. The van der Waals surface area contributed by atoms with Gasteiger partial charge in [0.25, 0.3) is 5.91 Å². The van der Waals surface area contributed by atoms with Crippen LogP contribution in [-0.2, 0) is 15.6 Å². The first kappa shape index (κ1) is 19.2. The molecule has 29 heavy (non-hydrogen) atoms. The third-order valence-corrected chi connectivity index (χ3v) is 6.22. The molecule has 1 amide bonds. The summed E-state index contributed by atoms with van der Waals surface area (Å²) in [5.74, 6) is -1.01. The molecule has 146 valence electrons.